The van der Waals surface area contributed by atoms with Crippen molar-refractivity contribution in [3.63, 3.8) is 0 Å². The lowest BCUT2D eigenvalue weighted by Gasteiger charge is -2.17. The predicted octanol–water partition coefficient (Wildman–Crippen LogP) is 1.69. The van der Waals surface area contributed by atoms with Crippen LogP contribution < -0.4 is 16.0 Å². The quantitative estimate of drug-likeness (QED) is 0.499. The Morgan fingerprint density at radius 3 is 2.83 bits per heavy atom. The highest BCUT2D eigenvalue weighted by atomic mass is 35.5. The first kappa shape index (κ1) is 12.8. The van der Waals surface area contributed by atoms with Crippen molar-refractivity contribution in [1.29, 1.82) is 0 Å². The first-order valence-corrected chi connectivity index (χ1v) is 5.69. The second-order valence-corrected chi connectivity index (χ2v) is 4.06. The summed E-state index contributed by atoms with van der Waals surface area (Å²) in [5, 5.41) is 0.420. The summed E-state index contributed by atoms with van der Waals surface area (Å²) in [6, 6.07) is 5.25. The molecular formula is C12H13ClN4O. The first-order chi connectivity index (χ1) is 8.74. The van der Waals surface area contributed by atoms with Gasteiger partial charge in [-0.2, -0.15) is 0 Å². The standard InChI is InChI=1S/C12H13ClN4O/c1-18-10-4-9(6-15-7-10)12(17-14)8-2-3-16-11(13)5-8/h2-7,12,17H,14H2,1H3. The number of nitrogens with one attached hydrogen (secondary N) is 1. The molecule has 3 N–H and O–H groups in total. The van der Waals surface area contributed by atoms with Crippen LogP contribution in [0.1, 0.15) is 17.2 Å². The lowest BCUT2D eigenvalue weighted by molar-refractivity contribution is 0.411. The average Bonchev–Trinajstić information content (AvgIpc) is 2.40. The zero-order valence-electron chi connectivity index (χ0n) is 9.80. The van der Waals surface area contributed by atoms with Crippen molar-refractivity contribution in [2.45, 2.75) is 6.04 Å². The molecule has 0 saturated carbocycles. The lowest BCUT2D eigenvalue weighted by Crippen LogP contribution is -2.29. The van der Waals surface area contributed by atoms with Crippen molar-refractivity contribution in [1.82, 2.24) is 15.4 Å². The van der Waals surface area contributed by atoms with Gasteiger partial charge in [0.1, 0.15) is 10.9 Å². The van der Waals surface area contributed by atoms with Gasteiger partial charge in [0.25, 0.3) is 0 Å². The third kappa shape index (κ3) is 2.76. The van der Waals surface area contributed by atoms with E-state index in [1.54, 1.807) is 31.8 Å². The van der Waals surface area contributed by atoms with Crippen LogP contribution in [0.5, 0.6) is 5.75 Å². The van der Waals surface area contributed by atoms with Gasteiger partial charge < -0.3 is 4.74 Å². The number of nitrogens with two attached hydrogens (primary N) is 1. The molecule has 2 aromatic rings. The Hall–Kier alpha value is -1.69. The van der Waals surface area contributed by atoms with E-state index in [1.165, 1.54) is 0 Å². The van der Waals surface area contributed by atoms with Crippen molar-refractivity contribution in [3.8, 4) is 5.75 Å². The van der Waals surface area contributed by atoms with Gasteiger partial charge in [-0.05, 0) is 29.3 Å². The fourth-order valence-corrected chi connectivity index (χ4v) is 1.87. The molecule has 6 heteroatoms. The third-order valence-corrected chi connectivity index (χ3v) is 2.76. The number of hydrazine groups is 1. The molecule has 94 valence electrons. The minimum atomic E-state index is -0.215. The number of hydrogen-bond donors (Lipinski definition) is 2. The van der Waals surface area contributed by atoms with Crippen LogP contribution in [-0.4, -0.2) is 17.1 Å². The molecule has 2 aromatic heterocycles. The molecule has 0 aliphatic heterocycles. The average molecular weight is 265 g/mol. The highest BCUT2D eigenvalue weighted by molar-refractivity contribution is 6.29. The van der Waals surface area contributed by atoms with Gasteiger partial charge in [0.2, 0.25) is 0 Å². The second kappa shape index (κ2) is 5.77. The van der Waals surface area contributed by atoms with E-state index in [0.29, 0.717) is 10.9 Å². The van der Waals surface area contributed by atoms with Crippen LogP contribution in [0.15, 0.2) is 36.8 Å². The van der Waals surface area contributed by atoms with E-state index < -0.39 is 0 Å². The van der Waals surface area contributed by atoms with Crippen LogP contribution in [0.25, 0.3) is 0 Å². The van der Waals surface area contributed by atoms with Crippen molar-refractivity contribution in [2.75, 3.05) is 7.11 Å². The van der Waals surface area contributed by atoms with Crippen LogP contribution in [0.4, 0.5) is 0 Å². The number of aromatic nitrogens is 2. The molecule has 0 spiro atoms. The maximum atomic E-state index is 5.87. The SMILES string of the molecule is COc1cncc(C(NN)c2ccnc(Cl)c2)c1. The summed E-state index contributed by atoms with van der Waals surface area (Å²) < 4.78 is 5.14. The van der Waals surface area contributed by atoms with E-state index in [4.69, 9.17) is 22.2 Å². The molecule has 1 unspecified atom stereocenters. The zero-order chi connectivity index (χ0) is 13.0. The number of hydrogen-bond acceptors (Lipinski definition) is 5. The number of methoxy groups -OCH3 is 1. The van der Waals surface area contributed by atoms with Gasteiger partial charge >= 0.3 is 0 Å². The van der Waals surface area contributed by atoms with E-state index in [1.807, 2.05) is 12.1 Å². The second-order valence-electron chi connectivity index (χ2n) is 3.67. The van der Waals surface area contributed by atoms with E-state index in [-0.39, 0.29) is 6.04 Å². The maximum absolute atomic E-state index is 5.87. The van der Waals surface area contributed by atoms with Crippen molar-refractivity contribution >= 4 is 11.6 Å². The van der Waals surface area contributed by atoms with E-state index >= 15 is 0 Å². The van der Waals surface area contributed by atoms with Gasteiger partial charge in [0.15, 0.2) is 0 Å². The van der Waals surface area contributed by atoms with Crippen molar-refractivity contribution < 1.29 is 4.74 Å². The van der Waals surface area contributed by atoms with Gasteiger partial charge in [0.05, 0.1) is 19.3 Å². The van der Waals surface area contributed by atoms with Crippen LogP contribution in [0.2, 0.25) is 5.15 Å². The van der Waals surface area contributed by atoms with Gasteiger partial charge in [-0.25, -0.2) is 10.4 Å². The molecule has 0 aliphatic rings. The topological polar surface area (TPSA) is 73.1 Å². The normalized spacial score (nSPS) is 12.2. The van der Waals surface area contributed by atoms with Gasteiger partial charge in [0, 0.05) is 12.4 Å². The summed E-state index contributed by atoms with van der Waals surface area (Å²) in [6.45, 7) is 0. The first-order valence-electron chi connectivity index (χ1n) is 5.31. The van der Waals surface area contributed by atoms with E-state index in [0.717, 1.165) is 11.1 Å². The van der Waals surface area contributed by atoms with Crippen LogP contribution in [0, 0.1) is 0 Å². The number of pyridine rings is 2. The Balaban J connectivity index is 2.38. The highest BCUT2D eigenvalue weighted by Crippen LogP contribution is 2.24. The number of ether oxygens (including phenoxy) is 1. The number of halogens is 1. The van der Waals surface area contributed by atoms with Crippen LogP contribution in [0.3, 0.4) is 0 Å². The molecule has 5 nitrogen and oxygen atoms in total. The molecular weight excluding hydrogens is 252 g/mol. The fourth-order valence-electron chi connectivity index (χ4n) is 1.69. The zero-order valence-corrected chi connectivity index (χ0v) is 10.6. The molecule has 0 radical (unpaired) electrons. The molecule has 0 amide bonds. The molecule has 1 atom stereocenters. The van der Waals surface area contributed by atoms with Crippen molar-refractivity contribution in [2.24, 2.45) is 5.84 Å². The van der Waals surface area contributed by atoms with Gasteiger partial charge in [-0.1, -0.05) is 11.6 Å². The summed E-state index contributed by atoms with van der Waals surface area (Å²) in [6.07, 6.45) is 4.99. The fraction of sp³-hybridized carbons (Fsp3) is 0.167. The maximum Gasteiger partial charge on any atom is 0.137 e. The lowest BCUT2D eigenvalue weighted by atomic mass is 10.0. The molecule has 2 heterocycles. The Morgan fingerprint density at radius 1 is 1.33 bits per heavy atom. The molecule has 2 rings (SSSR count). The molecule has 0 aromatic carbocycles. The molecule has 0 saturated heterocycles. The Morgan fingerprint density at radius 2 is 2.17 bits per heavy atom. The summed E-state index contributed by atoms with van der Waals surface area (Å²) in [5.74, 6) is 6.27. The van der Waals surface area contributed by atoms with Crippen molar-refractivity contribution in [3.05, 3.63) is 53.1 Å². The van der Waals surface area contributed by atoms with Gasteiger partial charge in [-0.15, -0.1) is 0 Å². The van der Waals surface area contributed by atoms with Gasteiger partial charge in [-0.3, -0.25) is 10.8 Å². The predicted molar refractivity (Wildman–Crippen MR) is 69.2 cm³/mol. The highest BCUT2D eigenvalue weighted by Gasteiger charge is 2.14. The van der Waals surface area contributed by atoms with E-state index in [9.17, 15) is 0 Å². The molecule has 0 fully saturated rings. The summed E-state index contributed by atoms with van der Waals surface area (Å²) in [7, 11) is 1.59. The Bertz CT molecular complexity index is 535. The minimum Gasteiger partial charge on any atom is -0.495 e. The smallest absolute Gasteiger partial charge is 0.137 e. The molecule has 18 heavy (non-hydrogen) atoms. The number of nitrogens with zero attached hydrogens (tertiary/aromatic N) is 2. The summed E-state index contributed by atoms with van der Waals surface area (Å²) in [5.41, 5.74) is 4.53. The monoisotopic (exact) mass is 264 g/mol. The Labute approximate surface area is 110 Å². The minimum absolute atomic E-state index is 0.215. The molecule has 0 aliphatic carbocycles. The number of rotatable bonds is 4. The van der Waals surface area contributed by atoms with Crippen LogP contribution in [-0.2, 0) is 0 Å². The van der Waals surface area contributed by atoms with E-state index in [2.05, 4.69) is 15.4 Å². The third-order valence-electron chi connectivity index (χ3n) is 2.55. The summed E-state index contributed by atoms with van der Waals surface area (Å²) >= 11 is 5.87. The summed E-state index contributed by atoms with van der Waals surface area (Å²) in [4.78, 5) is 8.04. The largest absolute Gasteiger partial charge is 0.495 e. The molecule has 0 bridgehead atoms. The Kier molecular flexibility index (Phi) is 4.09. The van der Waals surface area contributed by atoms with Crippen LogP contribution >= 0.6 is 11.6 Å².